The summed E-state index contributed by atoms with van der Waals surface area (Å²) in [4.78, 5) is 8.40. The van der Waals surface area contributed by atoms with E-state index >= 15 is 0 Å². The van der Waals surface area contributed by atoms with Crippen LogP contribution < -0.4 is 0 Å². The number of aromatic nitrogens is 2. The molecule has 13 heavy (non-hydrogen) atoms. The smallest absolute Gasteiger partial charge is 0.196 e. The molecule has 0 unspecified atom stereocenters. The monoisotopic (exact) mass is 192 g/mol. The van der Waals surface area contributed by atoms with E-state index in [9.17, 15) is 0 Å². The summed E-state index contributed by atoms with van der Waals surface area (Å²) in [6.45, 7) is 0. The topological polar surface area (TPSA) is 38.9 Å². The third kappa shape index (κ3) is 1.72. The summed E-state index contributed by atoms with van der Waals surface area (Å²) >= 11 is 1.59. The van der Waals surface area contributed by atoms with Gasteiger partial charge in [-0.05, 0) is 24.5 Å². The molecule has 0 saturated heterocycles. The molecule has 0 radical (unpaired) electrons. The standard InChI is InChI=1S/C9H8N2OS/c1-13-8-4-5-10-9(11-8)7-3-2-6-12-7/h2-6H,1H3. The molecule has 0 atom stereocenters. The summed E-state index contributed by atoms with van der Waals surface area (Å²) in [6.07, 6.45) is 5.33. The van der Waals surface area contributed by atoms with Gasteiger partial charge in [0.25, 0.3) is 0 Å². The summed E-state index contributed by atoms with van der Waals surface area (Å²) in [6, 6.07) is 5.54. The summed E-state index contributed by atoms with van der Waals surface area (Å²) in [7, 11) is 0. The zero-order chi connectivity index (χ0) is 9.10. The molecule has 0 amide bonds. The van der Waals surface area contributed by atoms with E-state index in [0.717, 1.165) is 5.03 Å². The highest BCUT2D eigenvalue weighted by molar-refractivity contribution is 7.98. The van der Waals surface area contributed by atoms with Gasteiger partial charge in [-0.1, -0.05) is 0 Å². The van der Waals surface area contributed by atoms with Crippen LogP contribution in [0.25, 0.3) is 11.6 Å². The van der Waals surface area contributed by atoms with Crippen LogP contribution in [0.3, 0.4) is 0 Å². The molecule has 0 aromatic carbocycles. The Morgan fingerprint density at radius 2 is 2.31 bits per heavy atom. The minimum atomic E-state index is 0.636. The van der Waals surface area contributed by atoms with Gasteiger partial charge in [-0.15, -0.1) is 11.8 Å². The zero-order valence-corrected chi connectivity index (χ0v) is 7.91. The van der Waals surface area contributed by atoms with Crippen LogP contribution in [0.15, 0.2) is 40.1 Å². The Labute approximate surface area is 80.2 Å². The molecular formula is C9H8N2OS. The van der Waals surface area contributed by atoms with Crippen LogP contribution in [0.1, 0.15) is 0 Å². The Balaban J connectivity index is 2.41. The second kappa shape index (κ2) is 3.62. The van der Waals surface area contributed by atoms with E-state index in [-0.39, 0.29) is 0 Å². The third-order valence-corrected chi connectivity index (χ3v) is 2.23. The highest BCUT2D eigenvalue weighted by Crippen LogP contribution is 2.17. The van der Waals surface area contributed by atoms with Crippen molar-refractivity contribution in [1.82, 2.24) is 9.97 Å². The van der Waals surface area contributed by atoms with Crippen LogP contribution in [0.5, 0.6) is 0 Å². The van der Waals surface area contributed by atoms with Gasteiger partial charge in [0.05, 0.1) is 11.3 Å². The molecule has 2 aromatic heterocycles. The van der Waals surface area contributed by atoms with Crippen molar-refractivity contribution in [2.75, 3.05) is 6.26 Å². The van der Waals surface area contributed by atoms with Gasteiger partial charge in [0.1, 0.15) is 0 Å². The number of thioether (sulfide) groups is 1. The highest BCUT2D eigenvalue weighted by atomic mass is 32.2. The van der Waals surface area contributed by atoms with Gasteiger partial charge in [0, 0.05) is 6.20 Å². The van der Waals surface area contributed by atoms with Crippen molar-refractivity contribution < 1.29 is 4.42 Å². The second-order valence-electron chi connectivity index (χ2n) is 2.40. The highest BCUT2D eigenvalue weighted by Gasteiger charge is 2.03. The molecule has 3 nitrogen and oxygen atoms in total. The van der Waals surface area contributed by atoms with Gasteiger partial charge >= 0.3 is 0 Å². The van der Waals surface area contributed by atoms with Crippen molar-refractivity contribution in [3.05, 3.63) is 30.7 Å². The molecular weight excluding hydrogens is 184 g/mol. The number of hydrogen-bond acceptors (Lipinski definition) is 4. The molecule has 0 fully saturated rings. The van der Waals surface area contributed by atoms with Crippen molar-refractivity contribution >= 4 is 11.8 Å². The van der Waals surface area contributed by atoms with E-state index < -0.39 is 0 Å². The van der Waals surface area contributed by atoms with Crippen LogP contribution in [-0.4, -0.2) is 16.2 Å². The molecule has 0 aliphatic rings. The van der Waals surface area contributed by atoms with Crippen molar-refractivity contribution in [2.45, 2.75) is 5.03 Å². The molecule has 0 aliphatic heterocycles. The van der Waals surface area contributed by atoms with Gasteiger partial charge < -0.3 is 4.42 Å². The number of hydrogen-bond donors (Lipinski definition) is 0. The maximum absolute atomic E-state index is 5.18. The first-order valence-electron chi connectivity index (χ1n) is 3.81. The van der Waals surface area contributed by atoms with Gasteiger partial charge in [-0.25, -0.2) is 9.97 Å². The normalized spacial score (nSPS) is 10.2. The Kier molecular flexibility index (Phi) is 2.31. The van der Waals surface area contributed by atoms with Crippen LogP contribution in [0.4, 0.5) is 0 Å². The first kappa shape index (κ1) is 8.31. The zero-order valence-electron chi connectivity index (χ0n) is 7.10. The number of nitrogens with zero attached hydrogens (tertiary/aromatic N) is 2. The largest absolute Gasteiger partial charge is 0.461 e. The molecule has 66 valence electrons. The average molecular weight is 192 g/mol. The van der Waals surface area contributed by atoms with Crippen molar-refractivity contribution in [3.8, 4) is 11.6 Å². The third-order valence-electron chi connectivity index (χ3n) is 1.58. The lowest BCUT2D eigenvalue weighted by Crippen LogP contribution is -1.87. The maximum Gasteiger partial charge on any atom is 0.196 e. The molecule has 0 saturated carbocycles. The van der Waals surface area contributed by atoms with E-state index in [2.05, 4.69) is 9.97 Å². The number of furan rings is 1. The molecule has 2 rings (SSSR count). The van der Waals surface area contributed by atoms with Crippen molar-refractivity contribution in [3.63, 3.8) is 0 Å². The Hall–Kier alpha value is -1.29. The molecule has 0 aliphatic carbocycles. The van der Waals surface area contributed by atoms with E-state index in [0.29, 0.717) is 11.6 Å². The maximum atomic E-state index is 5.18. The quantitative estimate of drug-likeness (QED) is 0.541. The summed E-state index contributed by atoms with van der Waals surface area (Å²) < 4.78 is 5.18. The van der Waals surface area contributed by atoms with E-state index in [1.165, 1.54) is 0 Å². The van der Waals surface area contributed by atoms with Crippen LogP contribution in [0.2, 0.25) is 0 Å². The van der Waals surface area contributed by atoms with E-state index in [1.54, 1.807) is 24.2 Å². The lowest BCUT2D eigenvalue weighted by atomic mass is 10.4. The molecule has 2 heterocycles. The summed E-state index contributed by atoms with van der Waals surface area (Å²) in [5, 5.41) is 0.946. The molecule has 0 spiro atoms. The van der Waals surface area contributed by atoms with Gasteiger partial charge in [0.2, 0.25) is 0 Å². The predicted octanol–water partition coefficient (Wildman–Crippen LogP) is 2.46. The molecule has 0 bridgehead atoms. The lowest BCUT2D eigenvalue weighted by molar-refractivity contribution is 0.576. The van der Waals surface area contributed by atoms with E-state index in [1.807, 2.05) is 24.5 Å². The molecule has 4 heteroatoms. The van der Waals surface area contributed by atoms with Crippen LogP contribution in [-0.2, 0) is 0 Å². The van der Waals surface area contributed by atoms with Gasteiger partial charge in [-0.2, -0.15) is 0 Å². The predicted molar refractivity (Wildman–Crippen MR) is 51.5 cm³/mol. The van der Waals surface area contributed by atoms with Crippen LogP contribution in [0, 0.1) is 0 Å². The lowest BCUT2D eigenvalue weighted by Gasteiger charge is -1.97. The second-order valence-corrected chi connectivity index (χ2v) is 3.23. The fourth-order valence-corrected chi connectivity index (χ4v) is 1.36. The first-order chi connectivity index (χ1) is 6.40. The fraction of sp³-hybridized carbons (Fsp3) is 0.111. The molecule has 0 N–H and O–H groups in total. The Bertz CT molecular complexity index is 386. The number of rotatable bonds is 2. The Morgan fingerprint density at radius 3 is 3.00 bits per heavy atom. The van der Waals surface area contributed by atoms with Crippen molar-refractivity contribution in [1.29, 1.82) is 0 Å². The Morgan fingerprint density at radius 1 is 1.38 bits per heavy atom. The van der Waals surface area contributed by atoms with Gasteiger partial charge in [0.15, 0.2) is 11.6 Å². The SMILES string of the molecule is CSc1ccnc(-c2ccco2)n1. The molecule has 2 aromatic rings. The summed E-state index contributed by atoms with van der Waals surface area (Å²) in [5.41, 5.74) is 0. The van der Waals surface area contributed by atoms with Crippen LogP contribution >= 0.6 is 11.8 Å². The first-order valence-corrected chi connectivity index (χ1v) is 5.03. The minimum absolute atomic E-state index is 0.636. The van der Waals surface area contributed by atoms with E-state index in [4.69, 9.17) is 4.42 Å². The summed E-state index contributed by atoms with van der Waals surface area (Å²) in [5.74, 6) is 1.34. The van der Waals surface area contributed by atoms with Crippen molar-refractivity contribution in [2.24, 2.45) is 0 Å². The minimum Gasteiger partial charge on any atom is -0.461 e. The van der Waals surface area contributed by atoms with Gasteiger partial charge in [-0.3, -0.25) is 0 Å². The fourth-order valence-electron chi connectivity index (χ4n) is 0.980. The average Bonchev–Trinajstić information content (AvgIpc) is 2.71.